The maximum Gasteiger partial charge on any atom is 0.446 e. The van der Waals surface area contributed by atoms with E-state index in [4.69, 9.17) is 0 Å². The van der Waals surface area contributed by atoms with E-state index in [-0.39, 0.29) is 16.7 Å². The fourth-order valence-corrected chi connectivity index (χ4v) is 2.44. The minimum Gasteiger partial charge on any atom is -0.379 e. The molecule has 0 aliphatic rings. The van der Waals surface area contributed by atoms with Gasteiger partial charge in [-0.25, -0.2) is 4.98 Å². The van der Waals surface area contributed by atoms with Crippen LogP contribution in [0.5, 0.6) is 0 Å². The molecule has 2 rings (SSSR count). The first-order chi connectivity index (χ1) is 9.42. The van der Waals surface area contributed by atoms with Gasteiger partial charge in [0.1, 0.15) is 4.60 Å². The topological polar surface area (TPSA) is 24.9 Å². The lowest BCUT2D eigenvalue weighted by molar-refractivity contribution is -0.0328. The Bertz CT molecular complexity index is 573. The van der Waals surface area contributed by atoms with Crippen LogP contribution in [-0.4, -0.2) is 10.5 Å². The van der Waals surface area contributed by atoms with Crippen LogP contribution in [0.3, 0.4) is 0 Å². The molecule has 20 heavy (non-hydrogen) atoms. The Morgan fingerprint density at radius 1 is 1.10 bits per heavy atom. The normalized spacial score (nSPS) is 11.4. The van der Waals surface area contributed by atoms with Gasteiger partial charge in [-0.15, -0.1) is 0 Å². The quantitative estimate of drug-likeness (QED) is 0.607. The number of hydrogen-bond donors (Lipinski definition) is 1. The highest BCUT2D eigenvalue weighted by Gasteiger charge is 2.28. The summed E-state index contributed by atoms with van der Waals surface area (Å²) in [6, 6.07) is 11.7. The molecule has 0 amide bonds. The zero-order valence-corrected chi connectivity index (χ0v) is 12.5. The molecule has 2 nitrogen and oxygen atoms in total. The van der Waals surface area contributed by atoms with Gasteiger partial charge in [0, 0.05) is 10.6 Å². The minimum atomic E-state index is -4.25. The van der Waals surface area contributed by atoms with Crippen molar-refractivity contribution < 1.29 is 13.2 Å². The van der Waals surface area contributed by atoms with Crippen LogP contribution in [0.1, 0.15) is 5.69 Å². The molecule has 0 saturated carbocycles. The number of nitrogens with one attached hydrogen (secondary N) is 1. The van der Waals surface area contributed by atoms with Crippen LogP contribution in [0.2, 0.25) is 0 Å². The molecule has 1 aromatic carbocycles. The van der Waals surface area contributed by atoms with Gasteiger partial charge in [-0.05, 0) is 64.1 Å². The van der Waals surface area contributed by atoms with Crippen LogP contribution in [0, 0.1) is 0 Å². The first-order valence-corrected chi connectivity index (χ1v) is 7.24. The van der Waals surface area contributed by atoms with Gasteiger partial charge in [-0.2, -0.15) is 13.2 Å². The maximum atomic E-state index is 12.2. The van der Waals surface area contributed by atoms with Crippen LogP contribution in [0.15, 0.2) is 52.0 Å². The smallest absolute Gasteiger partial charge is 0.379 e. The Morgan fingerprint density at radius 2 is 1.80 bits per heavy atom. The summed E-state index contributed by atoms with van der Waals surface area (Å²) in [5.41, 5.74) is -2.67. The second kappa shape index (κ2) is 6.49. The average Bonchev–Trinajstić information content (AvgIpc) is 2.36. The molecule has 106 valence electrons. The van der Waals surface area contributed by atoms with Crippen molar-refractivity contribution in [1.29, 1.82) is 0 Å². The summed E-state index contributed by atoms with van der Waals surface area (Å²) in [7, 11) is 0. The molecule has 0 bridgehead atoms. The van der Waals surface area contributed by atoms with Gasteiger partial charge in [-0.3, -0.25) is 0 Å². The zero-order valence-electron chi connectivity index (χ0n) is 10.1. The summed E-state index contributed by atoms with van der Waals surface area (Å²) in [5, 5.41) is 3.10. The third-order valence-corrected chi connectivity index (χ3v) is 3.52. The molecule has 0 radical (unpaired) electrons. The monoisotopic (exact) mass is 362 g/mol. The van der Waals surface area contributed by atoms with Crippen molar-refractivity contribution in [2.45, 2.75) is 16.9 Å². The molecular weight excluding hydrogens is 353 g/mol. The Balaban J connectivity index is 1.94. The number of benzene rings is 1. The van der Waals surface area contributed by atoms with Gasteiger partial charge in [0.2, 0.25) is 0 Å². The number of hydrogen-bond acceptors (Lipinski definition) is 3. The predicted molar refractivity (Wildman–Crippen MR) is 77.6 cm³/mol. The molecule has 0 unspecified atom stereocenters. The number of alkyl halides is 3. The van der Waals surface area contributed by atoms with Gasteiger partial charge < -0.3 is 5.32 Å². The number of thioether (sulfide) groups is 1. The number of halogens is 4. The highest BCUT2D eigenvalue weighted by molar-refractivity contribution is 9.10. The maximum absolute atomic E-state index is 12.2. The Labute approximate surface area is 126 Å². The van der Waals surface area contributed by atoms with Crippen LogP contribution in [-0.2, 0) is 6.54 Å². The largest absolute Gasteiger partial charge is 0.446 e. The summed E-state index contributed by atoms with van der Waals surface area (Å²) in [6.45, 7) is 0.505. The first kappa shape index (κ1) is 15.2. The lowest BCUT2D eigenvalue weighted by atomic mass is 10.3. The second-order valence-electron chi connectivity index (χ2n) is 3.88. The third-order valence-electron chi connectivity index (χ3n) is 2.33. The molecule has 2 aromatic rings. The molecule has 0 aliphatic carbocycles. The molecular formula is C13H10BrF3N2S. The minimum absolute atomic E-state index is 0.120. The SMILES string of the molecule is FC(F)(F)Sc1ccc(NCc2cccc(Br)n2)cc1. The first-order valence-electron chi connectivity index (χ1n) is 5.63. The Morgan fingerprint density at radius 3 is 2.40 bits per heavy atom. The van der Waals surface area contributed by atoms with E-state index in [1.165, 1.54) is 12.1 Å². The predicted octanol–water partition coefficient (Wildman–Crippen LogP) is 5.07. The fraction of sp³-hybridized carbons (Fsp3) is 0.154. The van der Waals surface area contributed by atoms with Crippen molar-refractivity contribution in [3.8, 4) is 0 Å². The third kappa shape index (κ3) is 5.05. The molecule has 0 spiro atoms. The Hall–Kier alpha value is -1.21. The molecule has 0 atom stereocenters. The Kier molecular flexibility index (Phi) is 4.93. The van der Waals surface area contributed by atoms with E-state index in [0.29, 0.717) is 6.54 Å². The van der Waals surface area contributed by atoms with Crippen LogP contribution in [0.25, 0.3) is 0 Å². The van der Waals surface area contributed by atoms with Crippen LogP contribution < -0.4 is 5.32 Å². The summed E-state index contributed by atoms with van der Waals surface area (Å²) in [4.78, 5) is 4.43. The van der Waals surface area contributed by atoms with E-state index >= 15 is 0 Å². The van der Waals surface area contributed by atoms with E-state index in [2.05, 4.69) is 26.2 Å². The van der Waals surface area contributed by atoms with Crippen LogP contribution in [0.4, 0.5) is 18.9 Å². The highest BCUT2D eigenvalue weighted by atomic mass is 79.9. The molecule has 1 aromatic heterocycles. The van der Waals surface area contributed by atoms with Gasteiger partial charge >= 0.3 is 5.51 Å². The number of pyridine rings is 1. The zero-order chi connectivity index (χ0) is 14.6. The van der Waals surface area contributed by atoms with Crippen molar-refractivity contribution in [2.75, 3.05) is 5.32 Å². The van der Waals surface area contributed by atoms with E-state index < -0.39 is 5.51 Å². The summed E-state index contributed by atoms with van der Waals surface area (Å²) < 4.78 is 37.3. The standard InChI is InChI=1S/C13H10BrF3N2S/c14-12-3-1-2-10(19-12)8-18-9-4-6-11(7-5-9)20-13(15,16)17/h1-7,18H,8H2. The van der Waals surface area contributed by atoms with E-state index in [1.54, 1.807) is 12.1 Å². The second-order valence-corrected chi connectivity index (χ2v) is 5.83. The van der Waals surface area contributed by atoms with E-state index in [0.717, 1.165) is 16.0 Å². The lowest BCUT2D eigenvalue weighted by Gasteiger charge is -2.08. The number of aromatic nitrogens is 1. The molecule has 1 heterocycles. The van der Waals surface area contributed by atoms with Gasteiger partial charge in [0.25, 0.3) is 0 Å². The number of nitrogens with zero attached hydrogens (tertiary/aromatic N) is 1. The number of anilines is 1. The van der Waals surface area contributed by atoms with Gasteiger partial charge in [-0.1, -0.05) is 6.07 Å². The van der Waals surface area contributed by atoms with Crippen molar-refractivity contribution in [3.63, 3.8) is 0 Å². The van der Waals surface area contributed by atoms with Crippen LogP contribution >= 0.6 is 27.7 Å². The van der Waals surface area contributed by atoms with E-state index in [1.807, 2.05) is 18.2 Å². The van der Waals surface area contributed by atoms with E-state index in [9.17, 15) is 13.2 Å². The van der Waals surface area contributed by atoms with Crippen molar-refractivity contribution >= 4 is 33.4 Å². The van der Waals surface area contributed by atoms with Gasteiger partial charge in [0.05, 0.1) is 12.2 Å². The fourth-order valence-electron chi connectivity index (χ4n) is 1.52. The van der Waals surface area contributed by atoms with Crippen molar-refractivity contribution in [2.24, 2.45) is 0 Å². The summed E-state index contributed by atoms with van der Waals surface area (Å²) in [5.74, 6) is 0. The average molecular weight is 363 g/mol. The van der Waals surface area contributed by atoms with Crippen molar-refractivity contribution in [1.82, 2.24) is 4.98 Å². The lowest BCUT2D eigenvalue weighted by Crippen LogP contribution is -2.02. The molecule has 0 saturated heterocycles. The molecule has 0 fully saturated rings. The summed E-state index contributed by atoms with van der Waals surface area (Å²) in [6.07, 6.45) is 0. The summed E-state index contributed by atoms with van der Waals surface area (Å²) >= 11 is 3.16. The van der Waals surface area contributed by atoms with Crippen molar-refractivity contribution in [3.05, 3.63) is 52.8 Å². The highest BCUT2D eigenvalue weighted by Crippen LogP contribution is 2.37. The molecule has 0 aliphatic heterocycles. The molecule has 7 heteroatoms. The number of rotatable bonds is 4. The van der Waals surface area contributed by atoms with Gasteiger partial charge in [0.15, 0.2) is 0 Å². The molecule has 1 N–H and O–H groups in total.